The molecule has 1 aliphatic heterocycles. The summed E-state index contributed by atoms with van der Waals surface area (Å²) in [7, 11) is 1.55. The smallest absolute Gasteiger partial charge is 0.254 e. The second-order valence-corrected chi connectivity index (χ2v) is 10.1. The lowest BCUT2D eigenvalue weighted by atomic mass is 9.98. The quantitative estimate of drug-likeness (QED) is 0.253. The van der Waals surface area contributed by atoms with E-state index in [9.17, 15) is 29.7 Å². The first-order valence-corrected chi connectivity index (χ1v) is 13.4. The maximum absolute atomic E-state index is 13.6. The van der Waals surface area contributed by atoms with Gasteiger partial charge in [0, 0.05) is 30.6 Å². The largest absolute Gasteiger partial charge is 0.508 e. The molecule has 10 heteroatoms. The third-order valence-corrected chi connectivity index (χ3v) is 7.26. The molecule has 216 valence electrons. The molecule has 1 fully saturated rings. The number of aromatic hydroxyl groups is 1. The van der Waals surface area contributed by atoms with Gasteiger partial charge in [0.2, 0.25) is 5.91 Å². The minimum Gasteiger partial charge on any atom is -0.508 e. The molecule has 1 heterocycles. The van der Waals surface area contributed by atoms with E-state index in [4.69, 9.17) is 4.74 Å². The number of nitrogens with one attached hydrogen (secondary N) is 2. The fraction of sp³-hybridized carbons (Fsp3) is 0.323. The Morgan fingerprint density at radius 1 is 1.02 bits per heavy atom. The molecule has 4 rings (SSSR count). The van der Waals surface area contributed by atoms with Crippen LogP contribution >= 0.6 is 0 Å². The SMILES string of the molecule is COc1cccc(CNC(=O)C2CC(O)CN2C(=O)C(O)C(Cc2ccccc2)NC(=O)c2cccc(O)c2C)c1. The van der Waals surface area contributed by atoms with Gasteiger partial charge in [0.25, 0.3) is 11.8 Å². The van der Waals surface area contributed by atoms with Gasteiger partial charge in [-0.05, 0) is 48.7 Å². The lowest BCUT2D eigenvalue weighted by molar-refractivity contribution is -0.146. The van der Waals surface area contributed by atoms with Crippen molar-refractivity contribution in [1.82, 2.24) is 15.5 Å². The zero-order valence-electron chi connectivity index (χ0n) is 23.0. The molecule has 0 bridgehead atoms. The van der Waals surface area contributed by atoms with Gasteiger partial charge in [-0.1, -0.05) is 48.5 Å². The number of ether oxygens (including phenoxy) is 1. The summed E-state index contributed by atoms with van der Waals surface area (Å²) in [6.07, 6.45) is -2.52. The molecule has 1 aliphatic rings. The molecule has 4 atom stereocenters. The minimum atomic E-state index is -1.71. The van der Waals surface area contributed by atoms with Crippen LogP contribution in [0.3, 0.4) is 0 Å². The fourth-order valence-electron chi connectivity index (χ4n) is 4.96. The summed E-state index contributed by atoms with van der Waals surface area (Å²) < 4.78 is 5.21. The van der Waals surface area contributed by atoms with Gasteiger partial charge in [-0.3, -0.25) is 14.4 Å². The number of β-amino-alcohol motifs (C(OH)–C–C–N with tert-alkyl or cyclic N) is 1. The number of amides is 3. The molecule has 0 spiro atoms. The molecule has 0 aliphatic carbocycles. The summed E-state index contributed by atoms with van der Waals surface area (Å²) in [6.45, 7) is 1.65. The normalized spacial score (nSPS) is 17.9. The van der Waals surface area contributed by atoms with Gasteiger partial charge in [-0.15, -0.1) is 0 Å². The molecular formula is C31H35N3O7. The van der Waals surface area contributed by atoms with Crippen LogP contribution in [-0.4, -0.2) is 75.9 Å². The van der Waals surface area contributed by atoms with Crippen LogP contribution < -0.4 is 15.4 Å². The monoisotopic (exact) mass is 561 g/mol. The first kappa shape index (κ1) is 29.6. The van der Waals surface area contributed by atoms with Crippen LogP contribution in [0, 0.1) is 6.92 Å². The molecule has 0 radical (unpaired) electrons. The number of aliphatic hydroxyl groups excluding tert-OH is 2. The van der Waals surface area contributed by atoms with E-state index in [1.54, 1.807) is 44.4 Å². The van der Waals surface area contributed by atoms with Gasteiger partial charge in [0.05, 0.1) is 19.3 Å². The van der Waals surface area contributed by atoms with Crippen molar-refractivity contribution in [2.24, 2.45) is 0 Å². The van der Waals surface area contributed by atoms with Crippen LogP contribution in [0.1, 0.15) is 33.5 Å². The van der Waals surface area contributed by atoms with Crippen molar-refractivity contribution in [3.05, 3.63) is 95.1 Å². The Morgan fingerprint density at radius 3 is 2.46 bits per heavy atom. The predicted molar refractivity (Wildman–Crippen MR) is 151 cm³/mol. The third kappa shape index (κ3) is 7.22. The highest BCUT2D eigenvalue weighted by atomic mass is 16.5. The van der Waals surface area contributed by atoms with Crippen LogP contribution in [0.4, 0.5) is 0 Å². The molecule has 0 aromatic heterocycles. The van der Waals surface area contributed by atoms with Crippen molar-refractivity contribution in [2.75, 3.05) is 13.7 Å². The maximum Gasteiger partial charge on any atom is 0.254 e. The Hall–Kier alpha value is -4.41. The molecular weight excluding hydrogens is 526 g/mol. The van der Waals surface area contributed by atoms with Crippen molar-refractivity contribution >= 4 is 17.7 Å². The highest BCUT2D eigenvalue weighted by Crippen LogP contribution is 2.23. The van der Waals surface area contributed by atoms with Gasteiger partial charge in [0.15, 0.2) is 6.10 Å². The predicted octanol–water partition coefficient (Wildman–Crippen LogP) is 1.69. The van der Waals surface area contributed by atoms with Crippen LogP contribution in [0.2, 0.25) is 0 Å². The highest BCUT2D eigenvalue weighted by molar-refractivity contribution is 5.97. The topological polar surface area (TPSA) is 148 Å². The molecule has 10 nitrogen and oxygen atoms in total. The number of aliphatic hydroxyl groups is 2. The van der Waals surface area contributed by atoms with E-state index < -0.39 is 42.0 Å². The zero-order valence-corrected chi connectivity index (χ0v) is 23.0. The van der Waals surface area contributed by atoms with Crippen LogP contribution in [0.5, 0.6) is 11.5 Å². The van der Waals surface area contributed by atoms with Gasteiger partial charge in [-0.25, -0.2) is 0 Å². The van der Waals surface area contributed by atoms with Crippen molar-refractivity contribution in [3.8, 4) is 11.5 Å². The first-order chi connectivity index (χ1) is 19.7. The van der Waals surface area contributed by atoms with Crippen molar-refractivity contribution in [1.29, 1.82) is 0 Å². The fourth-order valence-corrected chi connectivity index (χ4v) is 4.96. The summed E-state index contributed by atoms with van der Waals surface area (Å²) in [5.41, 5.74) is 2.13. The lowest BCUT2D eigenvalue weighted by Crippen LogP contribution is -2.55. The second-order valence-electron chi connectivity index (χ2n) is 10.1. The number of hydrogen-bond donors (Lipinski definition) is 5. The van der Waals surface area contributed by atoms with Gasteiger partial charge in [0.1, 0.15) is 17.5 Å². The summed E-state index contributed by atoms with van der Waals surface area (Å²) in [5.74, 6) is -1.23. The number of rotatable bonds is 10. The summed E-state index contributed by atoms with van der Waals surface area (Å²) >= 11 is 0. The average Bonchev–Trinajstić information content (AvgIpc) is 3.38. The van der Waals surface area contributed by atoms with Gasteiger partial charge in [-0.2, -0.15) is 0 Å². The minimum absolute atomic E-state index is 0.0145. The second kappa shape index (κ2) is 13.3. The van der Waals surface area contributed by atoms with Crippen LogP contribution in [-0.2, 0) is 22.6 Å². The number of likely N-dealkylation sites (tertiary alicyclic amines) is 1. The lowest BCUT2D eigenvalue weighted by Gasteiger charge is -2.30. The molecule has 3 aromatic rings. The number of carbonyl (C=O) groups excluding carboxylic acids is 3. The molecule has 4 unspecified atom stereocenters. The van der Waals surface area contributed by atoms with E-state index in [0.717, 1.165) is 11.1 Å². The van der Waals surface area contributed by atoms with E-state index in [-0.39, 0.29) is 37.2 Å². The van der Waals surface area contributed by atoms with E-state index in [1.807, 2.05) is 24.3 Å². The standard InChI is InChI=1S/C31H35N3O7/c1-19-24(12-7-13-27(19)36)29(38)33-25(15-20-8-4-3-5-9-20)28(37)31(40)34-18-22(35)16-26(34)30(39)32-17-21-10-6-11-23(14-21)41-2/h3-14,22,25-26,28,35-37H,15-18H2,1-2H3,(H,32,39)(H,33,38). The Labute approximate surface area is 238 Å². The third-order valence-electron chi connectivity index (χ3n) is 7.26. The zero-order chi connectivity index (χ0) is 29.5. The number of phenolic OH excluding ortho intramolecular Hbond substituents is 1. The molecule has 0 saturated carbocycles. The molecule has 1 saturated heterocycles. The number of methoxy groups -OCH3 is 1. The Balaban J connectivity index is 1.51. The Morgan fingerprint density at radius 2 is 1.73 bits per heavy atom. The van der Waals surface area contributed by atoms with E-state index in [2.05, 4.69) is 10.6 Å². The highest BCUT2D eigenvalue weighted by Gasteiger charge is 2.42. The Kier molecular flexibility index (Phi) is 9.59. The van der Waals surface area contributed by atoms with Crippen LogP contribution in [0.15, 0.2) is 72.8 Å². The van der Waals surface area contributed by atoms with Crippen LogP contribution in [0.25, 0.3) is 0 Å². The number of carbonyl (C=O) groups is 3. The number of phenols is 1. The van der Waals surface area contributed by atoms with Gasteiger partial charge >= 0.3 is 0 Å². The number of benzene rings is 3. The summed E-state index contributed by atoms with van der Waals surface area (Å²) in [6, 6.07) is 18.7. The summed E-state index contributed by atoms with van der Waals surface area (Å²) in [5, 5.41) is 37.2. The molecule has 3 aromatic carbocycles. The molecule has 5 N–H and O–H groups in total. The van der Waals surface area contributed by atoms with Crippen molar-refractivity contribution in [3.63, 3.8) is 0 Å². The van der Waals surface area contributed by atoms with Gasteiger partial charge < -0.3 is 35.6 Å². The average molecular weight is 562 g/mol. The van der Waals surface area contributed by atoms with E-state index in [1.165, 1.54) is 23.1 Å². The number of hydrogen-bond acceptors (Lipinski definition) is 7. The Bertz CT molecular complexity index is 1380. The van der Waals surface area contributed by atoms with E-state index >= 15 is 0 Å². The number of nitrogens with zero attached hydrogens (tertiary/aromatic N) is 1. The van der Waals surface area contributed by atoms with Crippen molar-refractivity contribution < 1.29 is 34.4 Å². The summed E-state index contributed by atoms with van der Waals surface area (Å²) in [4.78, 5) is 41.1. The molecule has 41 heavy (non-hydrogen) atoms. The van der Waals surface area contributed by atoms with E-state index in [0.29, 0.717) is 11.3 Å². The molecule has 3 amide bonds. The first-order valence-electron chi connectivity index (χ1n) is 13.4. The van der Waals surface area contributed by atoms with Crippen molar-refractivity contribution in [2.45, 2.75) is 50.6 Å². The maximum atomic E-state index is 13.6.